The first-order valence-electron chi connectivity index (χ1n) is 11.5. The number of ketones is 1. The maximum atomic E-state index is 13.1. The third-order valence-corrected chi connectivity index (χ3v) is 7.13. The van der Waals surface area contributed by atoms with Gasteiger partial charge in [0.05, 0.1) is 23.1 Å². The minimum atomic E-state index is -0.710. The van der Waals surface area contributed by atoms with E-state index in [-0.39, 0.29) is 46.8 Å². The van der Waals surface area contributed by atoms with Crippen molar-refractivity contribution in [2.24, 2.45) is 23.7 Å². The Morgan fingerprint density at radius 2 is 1.71 bits per heavy atom. The fraction of sp³-hybridized carbons (Fsp3) is 0.296. The van der Waals surface area contributed by atoms with E-state index in [2.05, 4.69) is 11.4 Å². The van der Waals surface area contributed by atoms with E-state index >= 15 is 0 Å². The Balaban J connectivity index is 1.20. The van der Waals surface area contributed by atoms with E-state index in [0.29, 0.717) is 16.9 Å². The number of amides is 3. The molecule has 178 valence electrons. The minimum Gasteiger partial charge on any atom is -0.452 e. The molecule has 4 atom stereocenters. The molecule has 3 aliphatic rings. The molecule has 3 amide bonds. The molecule has 2 aromatic carbocycles. The van der Waals surface area contributed by atoms with Crippen LogP contribution in [0.2, 0.25) is 0 Å². The van der Waals surface area contributed by atoms with Crippen molar-refractivity contribution >= 4 is 40.8 Å². The number of fused-ring (bicyclic) bond motifs is 5. The lowest BCUT2D eigenvalue weighted by Gasteiger charge is -2.19. The summed E-state index contributed by atoms with van der Waals surface area (Å²) in [6.45, 7) is 2.94. The van der Waals surface area contributed by atoms with Gasteiger partial charge in [0, 0.05) is 11.3 Å². The van der Waals surface area contributed by atoms with Crippen molar-refractivity contribution in [1.82, 2.24) is 0 Å². The summed E-state index contributed by atoms with van der Waals surface area (Å²) in [5.41, 5.74) is 2.68. The fourth-order valence-electron chi connectivity index (χ4n) is 5.50. The Hall–Kier alpha value is -4.07. The first-order valence-corrected chi connectivity index (χ1v) is 11.5. The number of carbonyl (C=O) groups excluding carboxylic acids is 5. The first kappa shape index (κ1) is 22.7. The zero-order valence-corrected chi connectivity index (χ0v) is 19.3. The quantitative estimate of drug-likeness (QED) is 0.299. The van der Waals surface area contributed by atoms with Crippen LogP contribution >= 0.6 is 0 Å². The van der Waals surface area contributed by atoms with Crippen molar-refractivity contribution in [1.29, 1.82) is 0 Å². The van der Waals surface area contributed by atoms with Crippen LogP contribution in [0.3, 0.4) is 0 Å². The summed E-state index contributed by atoms with van der Waals surface area (Å²) in [4.78, 5) is 63.3. The van der Waals surface area contributed by atoms with Gasteiger partial charge >= 0.3 is 5.97 Å². The van der Waals surface area contributed by atoms with E-state index in [1.807, 2.05) is 6.92 Å². The molecule has 0 unspecified atom stereocenters. The predicted octanol–water partition coefficient (Wildman–Crippen LogP) is 3.39. The molecule has 2 bridgehead atoms. The molecular weight excluding hydrogens is 448 g/mol. The molecule has 1 aliphatic heterocycles. The van der Waals surface area contributed by atoms with Crippen LogP contribution in [0, 0.1) is 23.7 Å². The van der Waals surface area contributed by atoms with Gasteiger partial charge in [0.2, 0.25) is 11.8 Å². The zero-order chi connectivity index (χ0) is 24.9. The largest absolute Gasteiger partial charge is 0.452 e. The Morgan fingerprint density at radius 1 is 1.00 bits per heavy atom. The second-order valence-corrected chi connectivity index (χ2v) is 9.29. The monoisotopic (exact) mass is 472 g/mol. The van der Waals surface area contributed by atoms with Gasteiger partial charge in [0.25, 0.3) is 5.91 Å². The van der Waals surface area contributed by atoms with Crippen LogP contribution in [0.5, 0.6) is 0 Å². The van der Waals surface area contributed by atoms with Gasteiger partial charge in [-0.25, -0.2) is 4.79 Å². The topological polar surface area (TPSA) is 110 Å². The van der Waals surface area contributed by atoms with E-state index in [0.717, 1.165) is 6.42 Å². The summed E-state index contributed by atoms with van der Waals surface area (Å²) >= 11 is 0. The van der Waals surface area contributed by atoms with Gasteiger partial charge in [-0.1, -0.05) is 23.8 Å². The second kappa shape index (κ2) is 8.61. The molecule has 1 N–H and O–H groups in total. The lowest BCUT2D eigenvalue weighted by Crippen LogP contribution is -2.33. The van der Waals surface area contributed by atoms with Crippen LogP contribution in [0.4, 0.5) is 11.4 Å². The molecule has 0 radical (unpaired) electrons. The van der Waals surface area contributed by atoms with Gasteiger partial charge in [-0.15, -0.1) is 0 Å². The molecule has 8 nitrogen and oxygen atoms in total. The molecule has 1 saturated carbocycles. The maximum Gasteiger partial charge on any atom is 0.338 e. The number of anilines is 2. The highest BCUT2D eigenvalue weighted by molar-refractivity contribution is 6.23. The second-order valence-electron chi connectivity index (χ2n) is 9.29. The van der Waals surface area contributed by atoms with E-state index in [9.17, 15) is 24.0 Å². The number of nitrogens with zero attached hydrogens (tertiary/aromatic N) is 1. The molecule has 2 aliphatic carbocycles. The van der Waals surface area contributed by atoms with Crippen LogP contribution in [0.15, 0.2) is 60.2 Å². The van der Waals surface area contributed by atoms with E-state index in [1.165, 1.54) is 29.5 Å². The van der Waals surface area contributed by atoms with E-state index < -0.39 is 18.5 Å². The summed E-state index contributed by atoms with van der Waals surface area (Å²) in [5.74, 6) is -2.08. The maximum absolute atomic E-state index is 13.1. The fourth-order valence-corrected chi connectivity index (χ4v) is 5.50. The van der Waals surface area contributed by atoms with Crippen molar-refractivity contribution in [2.45, 2.75) is 20.3 Å². The molecule has 1 heterocycles. The van der Waals surface area contributed by atoms with Crippen LogP contribution in [0.25, 0.3) is 0 Å². The average molecular weight is 472 g/mol. The number of carbonyl (C=O) groups is 5. The van der Waals surface area contributed by atoms with Crippen molar-refractivity contribution in [3.63, 3.8) is 0 Å². The Labute approximate surface area is 201 Å². The number of ether oxygens (including phenoxy) is 1. The molecule has 8 heteroatoms. The van der Waals surface area contributed by atoms with Crippen LogP contribution in [-0.2, 0) is 19.1 Å². The van der Waals surface area contributed by atoms with Crippen LogP contribution in [0.1, 0.15) is 41.0 Å². The first-order chi connectivity index (χ1) is 16.7. The molecule has 2 aromatic rings. The number of allylic oxidation sites excluding steroid dienone is 2. The van der Waals surface area contributed by atoms with Gasteiger partial charge in [0.1, 0.15) is 0 Å². The summed E-state index contributed by atoms with van der Waals surface area (Å²) in [5, 5.41) is 2.58. The summed E-state index contributed by atoms with van der Waals surface area (Å²) < 4.78 is 5.08. The smallest absolute Gasteiger partial charge is 0.338 e. The van der Waals surface area contributed by atoms with Crippen molar-refractivity contribution in [3.8, 4) is 0 Å². The Bertz CT molecular complexity index is 1300. The van der Waals surface area contributed by atoms with Crippen molar-refractivity contribution < 1.29 is 28.7 Å². The number of Topliss-reactive ketones (excluding diaryl/α,β-unsaturated/α-hetero) is 1. The number of esters is 1. The number of nitrogens with one attached hydrogen (secondary N) is 1. The lowest BCUT2D eigenvalue weighted by molar-refractivity contribution is -0.123. The summed E-state index contributed by atoms with van der Waals surface area (Å²) in [7, 11) is 0. The molecule has 5 rings (SSSR count). The Kier molecular flexibility index (Phi) is 5.59. The van der Waals surface area contributed by atoms with E-state index in [4.69, 9.17) is 4.74 Å². The van der Waals surface area contributed by atoms with Gasteiger partial charge in [-0.3, -0.25) is 24.1 Å². The molecule has 35 heavy (non-hydrogen) atoms. The van der Waals surface area contributed by atoms with Gasteiger partial charge in [-0.05, 0) is 68.5 Å². The molecule has 0 spiro atoms. The number of benzene rings is 2. The minimum absolute atomic E-state index is 0.122. The summed E-state index contributed by atoms with van der Waals surface area (Å²) in [6, 6.07) is 12.5. The number of rotatable bonds is 6. The highest BCUT2D eigenvalue weighted by atomic mass is 16.5. The average Bonchev–Trinajstić information content (AvgIpc) is 3.48. The van der Waals surface area contributed by atoms with Gasteiger partial charge in [-0.2, -0.15) is 0 Å². The zero-order valence-electron chi connectivity index (χ0n) is 19.3. The normalized spacial score (nSPS) is 24.3. The Morgan fingerprint density at radius 3 is 2.43 bits per heavy atom. The number of hydrogen-bond donors (Lipinski definition) is 1. The van der Waals surface area contributed by atoms with Crippen LogP contribution in [-0.4, -0.2) is 36.1 Å². The SMILES string of the molecule is CC(=O)c1cccc(NC(=O)COC(=O)c2ccc(N3C(=O)[C@@H]4[C@H](C3=O)[C@@H]3C[C@@H]4C=C3C)cc2)c1. The van der Waals surface area contributed by atoms with Gasteiger partial charge < -0.3 is 10.1 Å². The van der Waals surface area contributed by atoms with Gasteiger partial charge in [0.15, 0.2) is 12.4 Å². The predicted molar refractivity (Wildman–Crippen MR) is 127 cm³/mol. The molecule has 1 saturated heterocycles. The molecular formula is C27H24N2O6. The summed E-state index contributed by atoms with van der Waals surface area (Å²) in [6.07, 6.45) is 2.99. The van der Waals surface area contributed by atoms with Crippen molar-refractivity contribution in [3.05, 3.63) is 71.3 Å². The van der Waals surface area contributed by atoms with E-state index in [1.54, 1.807) is 36.4 Å². The standard InChI is InChI=1S/C27H24N2O6/c1-14-10-18-12-21(14)24-23(18)25(32)29(26(24)33)20-8-6-16(7-9-20)27(34)35-13-22(31)28-19-5-3-4-17(11-19)15(2)30/h3-11,18,21,23-24H,12-13H2,1-2H3,(H,28,31)/t18-,21+,23-,24+/m0/s1. The number of hydrogen-bond acceptors (Lipinski definition) is 6. The highest BCUT2D eigenvalue weighted by Crippen LogP contribution is 2.55. The highest BCUT2D eigenvalue weighted by Gasteiger charge is 2.60. The third-order valence-electron chi connectivity index (χ3n) is 7.13. The number of imide groups is 1. The molecule has 0 aromatic heterocycles. The van der Waals surface area contributed by atoms with Crippen molar-refractivity contribution in [2.75, 3.05) is 16.8 Å². The lowest BCUT2D eigenvalue weighted by atomic mass is 9.82. The van der Waals surface area contributed by atoms with Crippen LogP contribution < -0.4 is 10.2 Å². The third kappa shape index (κ3) is 3.95. The molecule has 2 fully saturated rings.